The molecule has 0 bridgehead atoms. The maximum Gasteiger partial charge on any atom is 0.276 e. The van der Waals surface area contributed by atoms with Crippen molar-refractivity contribution in [2.75, 3.05) is 0 Å². The van der Waals surface area contributed by atoms with Crippen LogP contribution < -0.4 is 10.7 Å². The van der Waals surface area contributed by atoms with E-state index in [9.17, 15) is 9.59 Å². The molecule has 23 heavy (non-hydrogen) atoms. The minimum atomic E-state index is -0.338. The number of rotatable bonds is 3. The topological polar surface area (TPSA) is 64.0 Å². The van der Waals surface area contributed by atoms with Crippen LogP contribution in [0.5, 0.6) is 0 Å². The van der Waals surface area contributed by atoms with Gasteiger partial charge in [0, 0.05) is 18.0 Å². The highest BCUT2D eigenvalue weighted by atomic mass is 16.2. The molecule has 0 aliphatic heterocycles. The molecule has 0 unspecified atom stereocenters. The molecule has 1 aliphatic carbocycles. The summed E-state index contributed by atoms with van der Waals surface area (Å²) in [6.07, 6.45) is 6.69. The lowest BCUT2D eigenvalue weighted by atomic mass is 10.1. The summed E-state index contributed by atoms with van der Waals surface area (Å²) in [6.45, 7) is 2.57. The molecular weight excluding hydrogens is 290 g/mol. The number of nitrogens with zero attached hydrogens (tertiary/aromatic N) is 2. The second-order valence-electron chi connectivity index (χ2n) is 6.17. The van der Waals surface area contributed by atoms with Crippen molar-refractivity contribution in [2.45, 2.75) is 58.0 Å². The van der Waals surface area contributed by atoms with Gasteiger partial charge >= 0.3 is 0 Å². The van der Waals surface area contributed by atoms with Crippen LogP contribution in [0.25, 0.3) is 10.9 Å². The highest BCUT2D eigenvalue weighted by molar-refractivity contribution is 5.95. The summed E-state index contributed by atoms with van der Waals surface area (Å²) in [5.74, 6) is -0.338. The van der Waals surface area contributed by atoms with Crippen molar-refractivity contribution in [1.29, 1.82) is 0 Å². The van der Waals surface area contributed by atoms with Crippen molar-refractivity contribution in [3.8, 4) is 0 Å². The van der Waals surface area contributed by atoms with E-state index in [0.29, 0.717) is 11.9 Å². The zero-order valence-electron chi connectivity index (χ0n) is 13.5. The van der Waals surface area contributed by atoms with Gasteiger partial charge in [0.1, 0.15) is 0 Å². The summed E-state index contributed by atoms with van der Waals surface area (Å²) in [5.41, 5.74) is 0.497. The number of hydrogen-bond acceptors (Lipinski definition) is 3. The molecule has 1 aromatic heterocycles. The van der Waals surface area contributed by atoms with Gasteiger partial charge in [-0.25, -0.2) is 0 Å². The highest BCUT2D eigenvalue weighted by Crippen LogP contribution is 2.17. The van der Waals surface area contributed by atoms with Crippen molar-refractivity contribution in [2.24, 2.45) is 0 Å². The highest BCUT2D eigenvalue weighted by Gasteiger charge is 2.20. The van der Waals surface area contributed by atoms with Gasteiger partial charge in [0.05, 0.1) is 5.52 Å². The maximum atomic E-state index is 12.6. The second kappa shape index (κ2) is 6.94. The van der Waals surface area contributed by atoms with E-state index >= 15 is 0 Å². The van der Waals surface area contributed by atoms with E-state index in [0.717, 1.165) is 31.2 Å². The van der Waals surface area contributed by atoms with Gasteiger partial charge in [-0.3, -0.25) is 14.3 Å². The Labute approximate surface area is 135 Å². The predicted octanol–water partition coefficient (Wildman–Crippen LogP) is 2.87. The molecule has 5 heteroatoms. The second-order valence-corrected chi connectivity index (χ2v) is 6.17. The van der Waals surface area contributed by atoms with Crippen molar-refractivity contribution in [3.05, 3.63) is 40.2 Å². The summed E-state index contributed by atoms with van der Waals surface area (Å²) in [6, 6.07) is 7.47. The van der Waals surface area contributed by atoms with Gasteiger partial charge in [0.2, 0.25) is 5.43 Å². The van der Waals surface area contributed by atoms with Crippen LogP contribution in [0.2, 0.25) is 0 Å². The third kappa shape index (κ3) is 3.28. The van der Waals surface area contributed by atoms with E-state index in [1.165, 1.54) is 12.8 Å². The summed E-state index contributed by atoms with van der Waals surface area (Å²) in [5, 5.41) is 7.87. The van der Waals surface area contributed by atoms with E-state index in [2.05, 4.69) is 10.4 Å². The number of fused-ring (bicyclic) bond motifs is 1. The minimum absolute atomic E-state index is 0.00907. The molecular formula is C18H23N3O2. The normalized spacial score (nSPS) is 16.2. The van der Waals surface area contributed by atoms with E-state index < -0.39 is 0 Å². The number of para-hydroxylation sites is 1. The first-order chi connectivity index (χ1) is 11.2. The Morgan fingerprint density at radius 3 is 2.61 bits per heavy atom. The van der Waals surface area contributed by atoms with Gasteiger partial charge in [-0.2, -0.15) is 5.10 Å². The molecule has 3 rings (SSSR count). The molecule has 2 aromatic rings. The van der Waals surface area contributed by atoms with Gasteiger partial charge < -0.3 is 5.32 Å². The van der Waals surface area contributed by atoms with Crippen LogP contribution in [0.3, 0.4) is 0 Å². The Bertz CT molecular complexity index is 758. The molecule has 1 amide bonds. The maximum absolute atomic E-state index is 12.6. The zero-order valence-corrected chi connectivity index (χ0v) is 13.5. The van der Waals surface area contributed by atoms with Crippen molar-refractivity contribution in [1.82, 2.24) is 15.1 Å². The molecule has 1 fully saturated rings. The molecule has 1 aromatic carbocycles. The molecule has 1 aliphatic rings. The monoisotopic (exact) mass is 313 g/mol. The lowest BCUT2D eigenvalue weighted by molar-refractivity contribution is 0.0925. The average molecular weight is 313 g/mol. The lowest BCUT2D eigenvalue weighted by Gasteiger charge is -2.16. The number of nitrogens with one attached hydrogen (secondary N) is 1. The molecule has 0 spiro atoms. The number of aromatic nitrogens is 2. The van der Waals surface area contributed by atoms with E-state index in [4.69, 9.17) is 0 Å². The Kier molecular flexibility index (Phi) is 4.74. The van der Waals surface area contributed by atoms with Crippen LogP contribution in [0.15, 0.2) is 29.1 Å². The first-order valence-electron chi connectivity index (χ1n) is 8.51. The number of amides is 1. The average Bonchev–Trinajstić information content (AvgIpc) is 2.84. The molecule has 5 nitrogen and oxygen atoms in total. The van der Waals surface area contributed by atoms with Crippen molar-refractivity contribution in [3.63, 3.8) is 0 Å². The predicted molar refractivity (Wildman–Crippen MR) is 90.6 cm³/mol. The number of aryl methyl sites for hydroxylation is 1. The summed E-state index contributed by atoms with van der Waals surface area (Å²) in [7, 11) is 0. The third-order valence-electron chi connectivity index (χ3n) is 4.57. The molecule has 1 N–H and O–H groups in total. The number of carbonyl (C=O) groups is 1. The molecule has 1 heterocycles. The Morgan fingerprint density at radius 2 is 1.91 bits per heavy atom. The van der Waals surface area contributed by atoms with E-state index in [1.807, 2.05) is 25.1 Å². The molecule has 0 saturated heterocycles. The van der Waals surface area contributed by atoms with Gasteiger partial charge in [0.15, 0.2) is 5.69 Å². The van der Waals surface area contributed by atoms with Gasteiger partial charge in [-0.1, -0.05) is 37.8 Å². The molecule has 122 valence electrons. The Balaban J connectivity index is 1.93. The molecule has 0 atom stereocenters. The first-order valence-corrected chi connectivity index (χ1v) is 8.51. The van der Waals surface area contributed by atoms with Crippen LogP contribution in [-0.2, 0) is 6.54 Å². The number of benzene rings is 1. The molecule has 0 radical (unpaired) electrons. The Hall–Kier alpha value is -2.17. The smallest absolute Gasteiger partial charge is 0.276 e. The van der Waals surface area contributed by atoms with Crippen LogP contribution in [-0.4, -0.2) is 21.7 Å². The van der Waals surface area contributed by atoms with E-state index in [-0.39, 0.29) is 23.1 Å². The quantitative estimate of drug-likeness (QED) is 0.886. The zero-order chi connectivity index (χ0) is 16.2. The number of hydrogen-bond donors (Lipinski definition) is 1. The fraction of sp³-hybridized carbons (Fsp3) is 0.500. The van der Waals surface area contributed by atoms with Crippen molar-refractivity contribution >= 4 is 16.8 Å². The standard InChI is InChI=1S/C18H23N3O2/c1-2-21-15-12-8-7-11-14(15)17(22)16(20-21)18(23)19-13-9-5-3-4-6-10-13/h7-8,11-13H,2-6,9-10H2,1H3,(H,19,23). The summed E-state index contributed by atoms with van der Waals surface area (Å²) < 4.78 is 1.72. The Morgan fingerprint density at radius 1 is 1.22 bits per heavy atom. The first kappa shape index (κ1) is 15.7. The van der Waals surface area contributed by atoms with Gasteiger partial charge in [0.25, 0.3) is 5.91 Å². The van der Waals surface area contributed by atoms with Gasteiger partial charge in [-0.15, -0.1) is 0 Å². The van der Waals surface area contributed by atoms with Crippen LogP contribution in [0, 0.1) is 0 Å². The third-order valence-corrected chi connectivity index (χ3v) is 4.57. The van der Waals surface area contributed by atoms with E-state index in [1.54, 1.807) is 10.7 Å². The van der Waals surface area contributed by atoms with Crippen LogP contribution >= 0.6 is 0 Å². The van der Waals surface area contributed by atoms with Crippen molar-refractivity contribution < 1.29 is 4.79 Å². The summed E-state index contributed by atoms with van der Waals surface area (Å²) in [4.78, 5) is 25.2. The van der Waals surface area contributed by atoms with Gasteiger partial charge in [-0.05, 0) is 31.9 Å². The largest absolute Gasteiger partial charge is 0.348 e. The van der Waals surface area contributed by atoms with Crippen LogP contribution in [0.4, 0.5) is 0 Å². The fourth-order valence-corrected chi connectivity index (χ4v) is 3.31. The number of carbonyl (C=O) groups excluding carboxylic acids is 1. The summed E-state index contributed by atoms with van der Waals surface area (Å²) >= 11 is 0. The lowest BCUT2D eigenvalue weighted by Crippen LogP contribution is -2.38. The van der Waals surface area contributed by atoms with Crippen LogP contribution in [0.1, 0.15) is 55.9 Å². The minimum Gasteiger partial charge on any atom is -0.348 e. The fourth-order valence-electron chi connectivity index (χ4n) is 3.31. The molecule has 1 saturated carbocycles. The SMILES string of the molecule is CCn1nc(C(=O)NC2CCCCCC2)c(=O)c2ccccc21.